The van der Waals surface area contributed by atoms with Gasteiger partial charge in [-0.15, -0.1) is 0 Å². The Morgan fingerprint density at radius 3 is 2.62 bits per heavy atom. The zero-order chi connectivity index (χ0) is 12.3. The maximum absolute atomic E-state index is 12.9. The Morgan fingerprint density at radius 1 is 1.50 bits per heavy atom. The van der Waals surface area contributed by atoms with Crippen molar-refractivity contribution >= 4 is 10.0 Å². The van der Waals surface area contributed by atoms with Gasteiger partial charge in [-0.2, -0.15) is 4.31 Å². The van der Waals surface area contributed by atoms with Crippen molar-refractivity contribution in [3.63, 3.8) is 0 Å². The van der Waals surface area contributed by atoms with Crippen molar-refractivity contribution in [3.05, 3.63) is 30.1 Å². The number of nitrogens with zero attached hydrogens (tertiary/aromatic N) is 1. The Labute approximate surface area is 94.9 Å². The summed E-state index contributed by atoms with van der Waals surface area (Å²) in [6.07, 6.45) is 0. The molecule has 1 atom stereocenters. The number of likely N-dealkylation sites (N-methyl/N-ethyl adjacent to an activating group) is 1. The average Bonchev–Trinajstić information content (AvgIpc) is 2.27. The molecule has 1 aromatic carbocycles. The molecule has 16 heavy (non-hydrogen) atoms. The maximum atomic E-state index is 12.9. The highest BCUT2D eigenvalue weighted by molar-refractivity contribution is 7.89. The van der Waals surface area contributed by atoms with Crippen molar-refractivity contribution in [1.82, 2.24) is 4.31 Å². The average molecular weight is 246 g/mol. The number of rotatable bonds is 4. The lowest BCUT2D eigenvalue weighted by atomic mass is 10.3. The van der Waals surface area contributed by atoms with Gasteiger partial charge >= 0.3 is 0 Å². The van der Waals surface area contributed by atoms with Crippen molar-refractivity contribution in [2.75, 3.05) is 13.6 Å². The molecule has 2 N–H and O–H groups in total. The zero-order valence-electron chi connectivity index (χ0n) is 9.22. The number of nitrogens with two attached hydrogens (primary N) is 1. The maximum Gasteiger partial charge on any atom is 0.243 e. The minimum Gasteiger partial charge on any atom is -0.329 e. The number of sulfonamides is 1. The van der Waals surface area contributed by atoms with Crippen LogP contribution in [0.1, 0.15) is 6.92 Å². The predicted octanol–water partition coefficient (Wildman–Crippen LogP) is 0.793. The summed E-state index contributed by atoms with van der Waals surface area (Å²) in [7, 11) is -2.23. The highest BCUT2D eigenvalue weighted by Crippen LogP contribution is 2.16. The van der Waals surface area contributed by atoms with Gasteiger partial charge in [0.05, 0.1) is 4.90 Å². The molecule has 0 saturated heterocycles. The van der Waals surface area contributed by atoms with E-state index in [-0.39, 0.29) is 17.5 Å². The Balaban J connectivity index is 3.12. The second kappa shape index (κ2) is 4.90. The molecule has 0 spiro atoms. The molecule has 0 heterocycles. The van der Waals surface area contributed by atoms with Crippen molar-refractivity contribution in [2.24, 2.45) is 5.73 Å². The zero-order valence-corrected chi connectivity index (χ0v) is 10.0. The van der Waals surface area contributed by atoms with E-state index in [1.807, 2.05) is 0 Å². The molecule has 0 bridgehead atoms. The van der Waals surface area contributed by atoms with E-state index in [0.717, 1.165) is 10.4 Å². The second-order valence-corrected chi connectivity index (χ2v) is 5.56. The first-order chi connectivity index (χ1) is 7.39. The molecule has 0 aliphatic rings. The third-order valence-electron chi connectivity index (χ3n) is 2.43. The van der Waals surface area contributed by atoms with Crippen LogP contribution in [0.2, 0.25) is 0 Å². The summed E-state index contributed by atoms with van der Waals surface area (Å²) in [5.41, 5.74) is 5.40. The molecule has 0 aliphatic heterocycles. The highest BCUT2D eigenvalue weighted by atomic mass is 32.2. The molecule has 4 nitrogen and oxygen atoms in total. The molecular weight excluding hydrogens is 231 g/mol. The fraction of sp³-hybridized carbons (Fsp3) is 0.400. The fourth-order valence-electron chi connectivity index (χ4n) is 1.18. The van der Waals surface area contributed by atoms with E-state index >= 15 is 0 Å². The molecule has 6 heteroatoms. The van der Waals surface area contributed by atoms with E-state index < -0.39 is 15.8 Å². The molecule has 0 saturated carbocycles. The third-order valence-corrected chi connectivity index (χ3v) is 4.40. The van der Waals surface area contributed by atoms with Gasteiger partial charge in [0.25, 0.3) is 0 Å². The Hall–Kier alpha value is -0.980. The molecule has 0 amide bonds. The molecule has 1 rings (SSSR count). The van der Waals surface area contributed by atoms with Crippen LogP contribution in [-0.2, 0) is 10.0 Å². The Kier molecular flexibility index (Phi) is 4.01. The summed E-state index contributed by atoms with van der Waals surface area (Å²) in [5, 5.41) is 0. The number of hydrogen-bond donors (Lipinski definition) is 1. The van der Waals surface area contributed by atoms with Crippen LogP contribution in [0.3, 0.4) is 0 Å². The second-order valence-electron chi connectivity index (χ2n) is 3.56. The molecule has 0 aromatic heterocycles. The minimum absolute atomic E-state index is 0.0599. The molecule has 0 fully saturated rings. The lowest BCUT2D eigenvalue weighted by molar-refractivity contribution is 0.394. The van der Waals surface area contributed by atoms with Crippen LogP contribution in [-0.4, -0.2) is 32.4 Å². The van der Waals surface area contributed by atoms with Crippen LogP contribution < -0.4 is 5.73 Å². The van der Waals surface area contributed by atoms with Gasteiger partial charge in [0.15, 0.2) is 0 Å². The fourth-order valence-corrected chi connectivity index (χ4v) is 2.58. The Morgan fingerprint density at radius 2 is 2.12 bits per heavy atom. The quantitative estimate of drug-likeness (QED) is 0.854. The first-order valence-corrected chi connectivity index (χ1v) is 6.27. The molecule has 90 valence electrons. The van der Waals surface area contributed by atoms with Gasteiger partial charge < -0.3 is 5.73 Å². The van der Waals surface area contributed by atoms with Gasteiger partial charge in [0, 0.05) is 19.6 Å². The summed E-state index contributed by atoms with van der Waals surface area (Å²) in [5.74, 6) is -0.574. The first kappa shape index (κ1) is 13.1. The summed E-state index contributed by atoms with van der Waals surface area (Å²) in [4.78, 5) is -0.0599. The number of hydrogen-bond acceptors (Lipinski definition) is 3. The van der Waals surface area contributed by atoms with E-state index in [0.29, 0.717) is 0 Å². The van der Waals surface area contributed by atoms with Crippen LogP contribution in [0.25, 0.3) is 0 Å². The number of halogens is 1. The van der Waals surface area contributed by atoms with Gasteiger partial charge in [-0.3, -0.25) is 0 Å². The predicted molar refractivity (Wildman–Crippen MR) is 59.9 cm³/mol. The lowest BCUT2D eigenvalue weighted by Crippen LogP contribution is -2.39. The van der Waals surface area contributed by atoms with E-state index in [1.165, 1.54) is 25.2 Å². The van der Waals surface area contributed by atoms with Gasteiger partial charge in [0.1, 0.15) is 5.82 Å². The summed E-state index contributed by atoms with van der Waals surface area (Å²) < 4.78 is 38.1. The number of benzene rings is 1. The topological polar surface area (TPSA) is 63.4 Å². The summed E-state index contributed by atoms with van der Waals surface area (Å²) >= 11 is 0. The summed E-state index contributed by atoms with van der Waals surface area (Å²) in [6.45, 7) is 1.90. The van der Waals surface area contributed by atoms with Gasteiger partial charge in [0.2, 0.25) is 10.0 Å². The van der Waals surface area contributed by atoms with Gasteiger partial charge in [-0.25, -0.2) is 12.8 Å². The molecule has 0 aliphatic carbocycles. The molecule has 0 radical (unpaired) electrons. The SMILES string of the molecule is CC(CN)N(C)S(=O)(=O)c1cccc(F)c1. The van der Waals surface area contributed by atoms with E-state index in [2.05, 4.69) is 0 Å². The van der Waals surface area contributed by atoms with Crippen LogP contribution in [0, 0.1) is 5.82 Å². The summed E-state index contributed by atoms with van der Waals surface area (Å²) in [6, 6.07) is 4.59. The molecular formula is C10H15FN2O2S. The van der Waals surface area contributed by atoms with Crippen LogP contribution in [0.4, 0.5) is 4.39 Å². The van der Waals surface area contributed by atoms with Crippen molar-refractivity contribution in [3.8, 4) is 0 Å². The normalized spacial score (nSPS) is 14.1. The van der Waals surface area contributed by atoms with Gasteiger partial charge in [-0.1, -0.05) is 6.07 Å². The van der Waals surface area contributed by atoms with Crippen molar-refractivity contribution < 1.29 is 12.8 Å². The van der Waals surface area contributed by atoms with Crippen LogP contribution in [0.5, 0.6) is 0 Å². The molecule has 1 unspecified atom stereocenters. The van der Waals surface area contributed by atoms with E-state index in [9.17, 15) is 12.8 Å². The van der Waals surface area contributed by atoms with Gasteiger partial charge in [-0.05, 0) is 25.1 Å². The lowest BCUT2D eigenvalue weighted by Gasteiger charge is -2.22. The third kappa shape index (κ3) is 2.58. The minimum atomic E-state index is -3.66. The molecule has 1 aromatic rings. The smallest absolute Gasteiger partial charge is 0.243 e. The van der Waals surface area contributed by atoms with Crippen molar-refractivity contribution in [2.45, 2.75) is 17.9 Å². The van der Waals surface area contributed by atoms with Crippen LogP contribution in [0.15, 0.2) is 29.2 Å². The van der Waals surface area contributed by atoms with E-state index in [1.54, 1.807) is 6.92 Å². The monoisotopic (exact) mass is 246 g/mol. The standard InChI is InChI=1S/C10H15FN2O2S/c1-8(7-12)13(2)16(14,15)10-5-3-4-9(11)6-10/h3-6,8H,7,12H2,1-2H3. The Bertz CT molecular complexity index is 462. The van der Waals surface area contributed by atoms with E-state index in [4.69, 9.17) is 5.73 Å². The highest BCUT2D eigenvalue weighted by Gasteiger charge is 2.24. The van der Waals surface area contributed by atoms with Crippen molar-refractivity contribution in [1.29, 1.82) is 0 Å². The first-order valence-electron chi connectivity index (χ1n) is 4.83. The largest absolute Gasteiger partial charge is 0.329 e. The van der Waals surface area contributed by atoms with Crippen LogP contribution >= 0.6 is 0 Å².